The summed E-state index contributed by atoms with van der Waals surface area (Å²) in [5.41, 5.74) is 8.49. The van der Waals surface area contributed by atoms with Gasteiger partial charge in [0, 0.05) is 40.3 Å². The fourth-order valence-corrected chi connectivity index (χ4v) is 5.01. The zero-order valence-corrected chi connectivity index (χ0v) is 19.2. The standard InChI is InChI=1S/C26H31F2N3O2/c1-3-11-31(19-13-22-20(26(29)32)8-9-23(28)25(22)33-15-19)16(2)5-4-6-17-14-30-24-10-7-18(27)12-21(17)24/h7-10,12,14,16,19,30H,3-6,11,13,15H2,1-2H3,(H2,29,32). The minimum Gasteiger partial charge on any atom is -0.489 e. The van der Waals surface area contributed by atoms with Gasteiger partial charge in [-0.3, -0.25) is 9.69 Å². The molecule has 3 N–H and O–H groups in total. The van der Waals surface area contributed by atoms with Crippen LogP contribution in [0.5, 0.6) is 5.75 Å². The van der Waals surface area contributed by atoms with Crippen molar-refractivity contribution in [3.8, 4) is 5.75 Å². The number of ether oxygens (including phenoxy) is 1. The molecule has 1 aliphatic rings. The lowest BCUT2D eigenvalue weighted by atomic mass is 9.94. The second-order valence-electron chi connectivity index (χ2n) is 8.92. The topological polar surface area (TPSA) is 71.3 Å². The van der Waals surface area contributed by atoms with Crippen LogP contribution in [0.25, 0.3) is 10.9 Å². The number of aromatic nitrogens is 1. The Morgan fingerprint density at radius 3 is 2.88 bits per heavy atom. The molecule has 5 nitrogen and oxygen atoms in total. The minimum atomic E-state index is -0.569. The normalized spacial score (nSPS) is 16.6. The maximum Gasteiger partial charge on any atom is 0.249 e. The number of fused-ring (bicyclic) bond motifs is 2. The molecule has 0 bridgehead atoms. The van der Waals surface area contributed by atoms with Gasteiger partial charge in [-0.25, -0.2) is 8.78 Å². The molecule has 1 amide bonds. The average Bonchev–Trinajstić information content (AvgIpc) is 3.19. The van der Waals surface area contributed by atoms with E-state index in [2.05, 4.69) is 23.7 Å². The fourth-order valence-electron chi connectivity index (χ4n) is 5.01. The van der Waals surface area contributed by atoms with Gasteiger partial charge in [0.05, 0.1) is 0 Å². The molecule has 2 unspecified atom stereocenters. The van der Waals surface area contributed by atoms with Crippen LogP contribution in [0, 0.1) is 11.6 Å². The van der Waals surface area contributed by atoms with E-state index in [1.54, 1.807) is 12.1 Å². The van der Waals surface area contributed by atoms with Crippen LogP contribution in [0.1, 0.15) is 54.6 Å². The summed E-state index contributed by atoms with van der Waals surface area (Å²) in [4.78, 5) is 17.5. The fraction of sp³-hybridized carbons (Fsp3) is 0.423. The van der Waals surface area contributed by atoms with Crippen LogP contribution in [0.3, 0.4) is 0 Å². The summed E-state index contributed by atoms with van der Waals surface area (Å²) in [5, 5.41) is 0.936. The Labute approximate surface area is 192 Å². The number of nitrogens with two attached hydrogens (primary N) is 1. The first-order valence-corrected chi connectivity index (χ1v) is 11.6. The number of aromatic amines is 1. The second-order valence-corrected chi connectivity index (χ2v) is 8.92. The van der Waals surface area contributed by atoms with Gasteiger partial charge < -0.3 is 15.5 Å². The third-order valence-electron chi connectivity index (χ3n) is 6.65. The number of amides is 1. The highest BCUT2D eigenvalue weighted by Crippen LogP contribution is 2.33. The van der Waals surface area contributed by atoms with E-state index in [-0.39, 0.29) is 23.7 Å². The zero-order chi connectivity index (χ0) is 23.5. The summed E-state index contributed by atoms with van der Waals surface area (Å²) < 4.78 is 33.7. The maximum atomic E-state index is 14.3. The molecule has 33 heavy (non-hydrogen) atoms. The van der Waals surface area contributed by atoms with Gasteiger partial charge >= 0.3 is 0 Å². The van der Waals surface area contributed by atoms with Crippen molar-refractivity contribution in [3.63, 3.8) is 0 Å². The van der Waals surface area contributed by atoms with Crippen LogP contribution in [0.2, 0.25) is 0 Å². The molecule has 2 heterocycles. The van der Waals surface area contributed by atoms with Crippen molar-refractivity contribution in [1.82, 2.24) is 9.88 Å². The summed E-state index contributed by atoms with van der Waals surface area (Å²) in [5.74, 6) is -1.10. The van der Waals surface area contributed by atoms with E-state index in [4.69, 9.17) is 10.5 Å². The third kappa shape index (κ3) is 4.88. The quantitative estimate of drug-likeness (QED) is 0.478. The maximum absolute atomic E-state index is 14.3. The Morgan fingerprint density at radius 1 is 1.30 bits per heavy atom. The van der Waals surface area contributed by atoms with Crippen molar-refractivity contribution >= 4 is 16.8 Å². The molecule has 1 aromatic heterocycles. The predicted molar refractivity (Wildman–Crippen MR) is 126 cm³/mol. The second kappa shape index (κ2) is 9.91. The zero-order valence-electron chi connectivity index (χ0n) is 19.2. The lowest BCUT2D eigenvalue weighted by molar-refractivity contribution is 0.0786. The summed E-state index contributed by atoms with van der Waals surface area (Å²) in [6, 6.07) is 7.81. The Balaban J connectivity index is 1.44. The lowest BCUT2D eigenvalue weighted by Gasteiger charge is -2.39. The van der Waals surface area contributed by atoms with Crippen molar-refractivity contribution in [3.05, 3.63) is 64.9 Å². The highest BCUT2D eigenvalue weighted by molar-refractivity contribution is 5.95. The molecule has 1 aliphatic heterocycles. The van der Waals surface area contributed by atoms with Gasteiger partial charge in [0.2, 0.25) is 5.91 Å². The number of carbonyl (C=O) groups excluding carboxylic acids is 1. The van der Waals surface area contributed by atoms with Crippen LogP contribution in [0.15, 0.2) is 36.5 Å². The van der Waals surface area contributed by atoms with Crippen LogP contribution in [0.4, 0.5) is 8.78 Å². The van der Waals surface area contributed by atoms with E-state index >= 15 is 0 Å². The highest BCUT2D eigenvalue weighted by atomic mass is 19.1. The number of rotatable bonds is 9. The van der Waals surface area contributed by atoms with Crippen molar-refractivity contribution in [2.45, 2.75) is 58.0 Å². The summed E-state index contributed by atoms with van der Waals surface area (Å²) >= 11 is 0. The molecule has 3 aromatic rings. The Hall–Kier alpha value is -2.93. The van der Waals surface area contributed by atoms with Gasteiger partial charge in [-0.05, 0) is 81.5 Å². The first-order chi connectivity index (χ1) is 15.9. The molecule has 0 spiro atoms. The van der Waals surface area contributed by atoms with E-state index in [1.165, 1.54) is 18.2 Å². The smallest absolute Gasteiger partial charge is 0.249 e. The molecule has 7 heteroatoms. The minimum absolute atomic E-state index is 0.0366. The van der Waals surface area contributed by atoms with E-state index in [9.17, 15) is 13.6 Å². The van der Waals surface area contributed by atoms with Crippen LogP contribution >= 0.6 is 0 Å². The van der Waals surface area contributed by atoms with Gasteiger partial charge in [0.15, 0.2) is 11.6 Å². The van der Waals surface area contributed by atoms with E-state index in [1.807, 2.05) is 6.20 Å². The van der Waals surface area contributed by atoms with Gasteiger partial charge in [-0.15, -0.1) is 0 Å². The molecular weight excluding hydrogens is 424 g/mol. The number of hydrogen-bond acceptors (Lipinski definition) is 3. The van der Waals surface area contributed by atoms with Crippen molar-refractivity contribution in [2.24, 2.45) is 5.73 Å². The summed E-state index contributed by atoms with van der Waals surface area (Å²) in [6.07, 6.45) is 6.23. The number of H-pyrrole nitrogens is 1. The summed E-state index contributed by atoms with van der Waals surface area (Å²) in [6.45, 7) is 5.58. The summed E-state index contributed by atoms with van der Waals surface area (Å²) in [7, 11) is 0. The third-order valence-corrected chi connectivity index (χ3v) is 6.65. The molecule has 0 aliphatic carbocycles. The molecule has 4 rings (SSSR count). The number of carbonyl (C=O) groups is 1. The van der Waals surface area contributed by atoms with Gasteiger partial charge in [-0.1, -0.05) is 6.92 Å². The molecule has 2 atom stereocenters. The van der Waals surface area contributed by atoms with Crippen LogP contribution in [-0.2, 0) is 12.8 Å². The Morgan fingerprint density at radius 2 is 2.12 bits per heavy atom. The molecule has 0 fully saturated rings. The highest BCUT2D eigenvalue weighted by Gasteiger charge is 2.31. The number of nitrogens with one attached hydrogen (secondary N) is 1. The van der Waals surface area contributed by atoms with Crippen LogP contribution < -0.4 is 10.5 Å². The number of hydrogen-bond donors (Lipinski definition) is 2. The van der Waals surface area contributed by atoms with Gasteiger partial charge in [0.1, 0.15) is 12.4 Å². The average molecular weight is 456 g/mol. The molecule has 176 valence electrons. The first-order valence-electron chi connectivity index (χ1n) is 11.6. The van der Waals surface area contributed by atoms with Crippen molar-refractivity contribution in [1.29, 1.82) is 0 Å². The number of aryl methyl sites for hydroxylation is 1. The molecule has 0 saturated heterocycles. The molecule has 0 saturated carbocycles. The van der Waals surface area contributed by atoms with Gasteiger partial charge in [0.25, 0.3) is 0 Å². The largest absolute Gasteiger partial charge is 0.489 e. The van der Waals surface area contributed by atoms with E-state index in [0.29, 0.717) is 24.2 Å². The Kier molecular flexibility index (Phi) is 6.98. The number of halogens is 2. The van der Waals surface area contributed by atoms with E-state index in [0.717, 1.165) is 48.7 Å². The molecular formula is C26H31F2N3O2. The van der Waals surface area contributed by atoms with E-state index < -0.39 is 11.7 Å². The number of primary amides is 1. The first kappa shape index (κ1) is 23.2. The van der Waals surface area contributed by atoms with Crippen LogP contribution in [-0.4, -0.2) is 41.0 Å². The monoisotopic (exact) mass is 455 g/mol. The van der Waals surface area contributed by atoms with Gasteiger partial charge in [-0.2, -0.15) is 0 Å². The Bertz CT molecular complexity index is 1140. The number of benzene rings is 2. The molecule has 0 radical (unpaired) electrons. The SMILES string of the molecule is CCCN(C(C)CCCc1c[nH]c2ccc(F)cc12)C1COc2c(F)ccc(C(N)=O)c2C1. The number of nitrogens with zero attached hydrogens (tertiary/aromatic N) is 1. The predicted octanol–water partition coefficient (Wildman–Crippen LogP) is 4.97. The van der Waals surface area contributed by atoms with Crippen molar-refractivity contribution < 1.29 is 18.3 Å². The van der Waals surface area contributed by atoms with Crippen molar-refractivity contribution in [2.75, 3.05) is 13.2 Å². The lowest BCUT2D eigenvalue weighted by Crippen LogP contribution is -2.48. The molecule has 2 aromatic carbocycles.